The van der Waals surface area contributed by atoms with E-state index in [9.17, 15) is 0 Å². The van der Waals surface area contributed by atoms with E-state index in [1.54, 1.807) is 0 Å². The molecule has 2 aromatic heterocycles. The summed E-state index contributed by atoms with van der Waals surface area (Å²) >= 11 is 5.05. The van der Waals surface area contributed by atoms with Crippen molar-refractivity contribution in [3.63, 3.8) is 0 Å². The molecule has 1 aliphatic carbocycles. The minimum absolute atomic E-state index is 0.304. The third kappa shape index (κ3) is 1.63. The molecule has 5 heteroatoms. The summed E-state index contributed by atoms with van der Waals surface area (Å²) in [4.78, 5) is 5.73. The number of nitrogens with zero attached hydrogens (tertiary/aromatic N) is 2. The van der Waals surface area contributed by atoms with Crippen LogP contribution in [0.4, 0.5) is 0 Å². The van der Waals surface area contributed by atoms with E-state index in [4.69, 9.17) is 4.52 Å². The van der Waals surface area contributed by atoms with E-state index in [1.807, 2.05) is 11.3 Å². The van der Waals surface area contributed by atoms with Crippen molar-refractivity contribution < 1.29 is 4.52 Å². The molecule has 0 radical (unpaired) electrons. The molecular weight excluding hydrogens is 276 g/mol. The molecule has 1 unspecified atom stereocenters. The highest BCUT2D eigenvalue weighted by atomic mass is 79.9. The van der Waals surface area contributed by atoms with Gasteiger partial charge in [-0.05, 0) is 57.4 Å². The van der Waals surface area contributed by atoms with Gasteiger partial charge >= 0.3 is 0 Å². The van der Waals surface area contributed by atoms with Crippen LogP contribution >= 0.6 is 27.3 Å². The van der Waals surface area contributed by atoms with E-state index >= 15 is 0 Å². The van der Waals surface area contributed by atoms with Gasteiger partial charge in [0.05, 0.1) is 5.92 Å². The minimum Gasteiger partial charge on any atom is -0.338 e. The van der Waals surface area contributed by atoms with Crippen molar-refractivity contribution in [2.45, 2.75) is 25.2 Å². The predicted molar refractivity (Wildman–Crippen MR) is 61.1 cm³/mol. The highest BCUT2D eigenvalue weighted by Gasteiger charge is 2.27. The predicted octanol–water partition coefficient (Wildman–Crippen LogP) is 3.36. The van der Waals surface area contributed by atoms with Crippen molar-refractivity contribution in [3.8, 4) is 0 Å². The van der Waals surface area contributed by atoms with Gasteiger partial charge in [0.2, 0.25) is 10.6 Å². The fourth-order valence-corrected chi connectivity index (χ4v) is 3.34. The second kappa shape index (κ2) is 3.72. The highest BCUT2D eigenvalue weighted by molar-refractivity contribution is 9.10. The summed E-state index contributed by atoms with van der Waals surface area (Å²) in [6.45, 7) is 0. The topological polar surface area (TPSA) is 38.9 Å². The lowest BCUT2D eigenvalue weighted by atomic mass is 9.88. The van der Waals surface area contributed by atoms with Crippen molar-refractivity contribution in [2.75, 3.05) is 0 Å². The molecule has 0 saturated carbocycles. The van der Waals surface area contributed by atoms with Crippen LogP contribution in [0.25, 0.3) is 0 Å². The maximum Gasteiger partial charge on any atom is 0.238 e. The van der Waals surface area contributed by atoms with E-state index in [0.29, 0.717) is 10.7 Å². The van der Waals surface area contributed by atoms with Gasteiger partial charge in [0, 0.05) is 4.88 Å². The third-order valence-electron chi connectivity index (χ3n) is 2.77. The number of thiophene rings is 1. The van der Waals surface area contributed by atoms with E-state index in [1.165, 1.54) is 23.3 Å². The molecule has 1 atom stereocenters. The number of fused-ring (bicyclic) bond motifs is 1. The van der Waals surface area contributed by atoms with Crippen molar-refractivity contribution in [2.24, 2.45) is 0 Å². The average molecular weight is 285 g/mol. The van der Waals surface area contributed by atoms with Gasteiger partial charge < -0.3 is 4.52 Å². The smallest absolute Gasteiger partial charge is 0.238 e. The maximum atomic E-state index is 5.23. The number of hydrogen-bond acceptors (Lipinski definition) is 4. The Morgan fingerprint density at radius 3 is 3.27 bits per heavy atom. The van der Waals surface area contributed by atoms with Gasteiger partial charge in [-0.25, -0.2) is 0 Å². The Labute approximate surface area is 99.6 Å². The summed E-state index contributed by atoms with van der Waals surface area (Å²) < 4.78 is 5.77. The fraction of sp³-hybridized carbons (Fsp3) is 0.400. The first-order valence-corrected chi connectivity index (χ1v) is 6.57. The largest absolute Gasteiger partial charge is 0.338 e. The molecule has 0 bridgehead atoms. The van der Waals surface area contributed by atoms with E-state index in [0.717, 1.165) is 12.3 Å². The monoisotopic (exact) mass is 284 g/mol. The third-order valence-corrected chi connectivity index (χ3v) is 4.09. The summed E-state index contributed by atoms with van der Waals surface area (Å²) in [6.07, 6.45) is 3.51. The Morgan fingerprint density at radius 1 is 1.53 bits per heavy atom. The van der Waals surface area contributed by atoms with Crippen LogP contribution in [0.5, 0.6) is 0 Å². The molecule has 0 fully saturated rings. The van der Waals surface area contributed by atoms with Crippen LogP contribution in [-0.2, 0) is 6.42 Å². The fourth-order valence-electron chi connectivity index (χ4n) is 2.10. The molecule has 1 aliphatic rings. The first-order chi connectivity index (χ1) is 7.34. The average Bonchev–Trinajstić information content (AvgIpc) is 2.84. The van der Waals surface area contributed by atoms with Crippen molar-refractivity contribution in [3.05, 3.63) is 32.5 Å². The molecule has 0 amide bonds. The molecule has 2 heterocycles. The Hall–Kier alpha value is -0.680. The number of rotatable bonds is 1. The van der Waals surface area contributed by atoms with Crippen LogP contribution in [0.1, 0.15) is 35.1 Å². The lowest BCUT2D eigenvalue weighted by Gasteiger charge is -2.18. The van der Waals surface area contributed by atoms with Gasteiger partial charge in [0.15, 0.2) is 0 Å². The van der Waals surface area contributed by atoms with Crippen LogP contribution in [-0.4, -0.2) is 10.1 Å². The number of hydrogen-bond donors (Lipinski definition) is 0. The molecule has 3 rings (SSSR count). The Morgan fingerprint density at radius 2 is 2.47 bits per heavy atom. The quantitative estimate of drug-likeness (QED) is 0.806. The van der Waals surface area contributed by atoms with Gasteiger partial charge in [-0.15, -0.1) is 11.3 Å². The summed E-state index contributed by atoms with van der Waals surface area (Å²) in [5.74, 6) is 1.04. The highest BCUT2D eigenvalue weighted by Crippen LogP contribution is 2.38. The second-order valence-corrected chi connectivity index (χ2v) is 5.36. The first kappa shape index (κ1) is 9.54. The van der Waals surface area contributed by atoms with Crippen molar-refractivity contribution in [1.29, 1.82) is 0 Å². The standard InChI is InChI=1S/C10H9BrN2OS/c11-10-12-9(14-13-10)7-2-1-3-8-6(7)4-5-15-8/h4-5,7H,1-3H2. The summed E-state index contributed by atoms with van der Waals surface area (Å²) in [6, 6.07) is 2.18. The normalized spacial score (nSPS) is 20.2. The lowest BCUT2D eigenvalue weighted by molar-refractivity contribution is 0.352. The zero-order chi connectivity index (χ0) is 10.3. The van der Waals surface area contributed by atoms with E-state index in [-0.39, 0.29) is 0 Å². The zero-order valence-corrected chi connectivity index (χ0v) is 10.3. The zero-order valence-electron chi connectivity index (χ0n) is 7.94. The molecule has 3 nitrogen and oxygen atoms in total. The van der Waals surface area contributed by atoms with Gasteiger partial charge in [-0.2, -0.15) is 4.98 Å². The molecule has 0 spiro atoms. The Kier molecular flexibility index (Phi) is 2.36. The minimum atomic E-state index is 0.304. The van der Waals surface area contributed by atoms with Gasteiger partial charge in [-0.1, -0.05) is 0 Å². The molecule has 0 aliphatic heterocycles. The molecule has 0 aromatic carbocycles. The number of aromatic nitrogens is 2. The summed E-state index contributed by atoms with van der Waals surface area (Å²) in [5, 5.41) is 5.93. The van der Waals surface area contributed by atoms with Gasteiger partial charge in [0.1, 0.15) is 0 Å². The molecule has 0 saturated heterocycles. The van der Waals surface area contributed by atoms with Crippen LogP contribution in [0, 0.1) is 0 Å². The van der Waals surface area contributed by atoms with Crippen LogP contribution in [0.2, 0.25) is 0 Å². The Balaban J connectivity index is 2.02. The Bertz CT molecular complexity index is 479. The molecule has 78 valence electrons. The lowest BCUT2D eigenvalue weighted by Crippen LogP contribution is -2.08. The summed E-state index contributed by atoms with van der Waals surface area (Å²) in [7, 11) is 0. The van der Waals surface area contributed by atoms with E-state index in [2.05, 4.69) is 37.5 Å². The van der Waals surface area contributed by atoms with Crippen molar-refractivity contribution in [1.82, 2.24) is 10.1 Å². The van der Waals surface area contributed by atoms with Gasteiger partial charge in [0.25, 0.3) is 0 Å². The molecule has 15 heavy (non-hydrogen) atoms. The van der Waals surface area contributed by atoms with Crippen LogP contribution in [0.3, 0.4) is 0 Å². The first-order valence-electron chi connectivity index (χ1n) is 4.90. The molecule has 2 aromatic rings. The second-order valence-electron chi connectivity index (χ2n) is 3.65. The van der Waals surface area contributed by atoms with Crippen LogP contribution in [0.15, 0.2) is 20.7 Å². The van der Waals surface area contributed by atoms with Crippen molar-refractivity contribution >= 4 is 27.3 Å². The number of aryl methyl sites for hydroxylation is 1. The number of halogens is 1. The van der Waals surface area contributed by atoms with Crippen LogP contribution < -0.4 is 0 Å². The maximum absolute atomic E-state index is 5.23. The molecular formula is C10H9BrN2OS. The summed E-state index contributed by atoms with van der Waals surface area (Å²) in [5.41, 5.74) is 1.38. The van der Waals surface area contributed by atoms with E-state index < -0.39 is 0 Å². The molecule has 0 N–H and O–H groups in total. The SMILES string of the molecule is Brc1noc(C2CCCc3sccc32)n1. The van der Waals surface area contributed by atoms with Gasteiger partial charge in [-0.3, -0.25) is 0 Å².